The Morgan fingerprint density at radius 2 is 2.11 bits per heavy atom. The van der Waals surface area contributed by atoms with E-state index in [4.69, 9.17) is 4.74 Å². The van der Waals surface area contributed by atoms with Crippen molar-refractivity contribution in [3.63, 3.8) is 0 Å². The second kappa shape index (κ2) is 8.49. The molecule has 1 atom stereocenters. The summed E-state index contributed by atoms with van der Waals surface area (Å²) in [7, 11) is 1.79. The Morgan fingerprint density at radius 3 is 2.81 bits per heavy atom. The smallest absolute Gasteiger partial charge is 0.238 e. The third-order valence-electron chi connectivity index (χ3n) is 4.69. The summed E-state index contributed by atoms with van der Waals surface area (Å²) >= 11 is 0. The van der Waals surface area contributed by atoms with Gasteiger partial charge in [-0.1, -0.05) is 0 Å². The number of ether oxygens (including phenoxy) is 1. The largest absolute Gasteiger partial charge is 0.491 e. The average molecular weight is 376 g/mol. The molecule has 0 aliphatic carbocycles. The molecule has 3 rings (SSSR count). The monoisotopic (exact) mass is 376 g/mol. The van der Waals surface area contributed by atoms with Crippen molar-refractivity contribution in [2.75, 3.05) is 31.6 Å². The number of rotatable bonds is 6. The van der Waals surface area contributed by atoms with E-state index in [1.165, 1.54) is 12.1 Å². The first-order valence-electron chi connectivity index (χ1n) is 9.03. The molecule has 0 radical (unpaired) electrons. The molecule has 1 aliphatic heterocycles. The molecule has 27 heavy (non-hydrogen) atoms. The Kier molecular flexibility index (Phi) is 6.08. The molecule has 1 aromatic heterocycles. The van der Waals surface area contributed by atoms with Crippen LogP contribution in [0.2, 0.25) is 0 Å². The van der Waals surface area contributed by atoms with Crippen LogP contribution in [0.1, 0.15) is 19.3 Å². The summed E-state index contributed by atoms with van der Waals surface area (Å²) in [6, 6.07) is 5.75. The number of nitrogens with one attached hydrogen (secondary N) is 1. The van der Waals surface area contributed by atoms with Crippen LogP contribution in [0.5, 0.6) is 5.75 Å². The maximum Gasteiger partial charge on any atom is 0.238 e. The van der Waals surface area contributed by atoms with E-state index in [2.05, 4.69) is 10.4 Å². The molecule has 1 unspecified atom stereocenters. The van der Waals surface area contributed by atoms with Crippen LogP contribution in [0.3, 0.4) is 0 Å². The third-order valence-corrected chi connectivity index (χ3v) is 4.69. The second-order valence-electron chi connectivity index (χ2n) is 7.05. The van der Waals surface area contributed by atoms with E-state index in [1.807, 2.05) is 4.90 Å². The fourth-order valence-electron chi connectivity index (χ4n) is 3.18. The lowest BCUT2D eigenvalue weighted by Crippen LogP contribution is -2.38. The van der Waals surface area contributed by atoms with Crippen molar-refractivity contribution in [1.29, 1.82) is 0 Å². The Labute approximate surface area is 157 Å². The van der Waals surface area contributed by atoms with Crippen molar-refractivity contribution in [1.82, 2.24) is 14.7 Å². The van der Waals surface area contributed by atoms with E-state index in [0.717, 1.165) is 13.0 Å². The summed E-state index contributed by atoms with van der Waals surface area (Å²) in [4.78, 5) is 14.2. The first-order valence-corrected chi connectivity index (χ1v) is 9.03. The van der Waals surface area contributed by atoms with Gasteiger partial charge in [0.25, 0.3) is 0 Å². The number of aromatic nitrogens is 2. The van der Waals surface area contributed by atoms with Crippen LogP contribution in [0.4, 0.5) is 10.1 Å². The minimum Gasteiger partial charge on any atom is -0.491 e. The molecule has 1 amide bonds. The van der Waals surface area contributed by atoms with Gasteiger partial charge in [-0.3, -0.25) is 14.4 Å². The highest BCUT2D eigenvalue weighted by molar-refractivity contribution is 5.91. The number of anilines is 1. The number of hydrogen-bond acceptors (Lipinski definition) is 5. The maximum atomic E-state index is 12.9. The Hall–Kier alpha value is -2.45. The first-order chi connectivity index (χ1) is 12.9. The topological polar surface area (TPSA) is 79.6 Å². The maximum absolute atomic E-state index is 12.9. The van der Waals surface area contributed by atoms with Gasteiger partial charge in [-0.05, 0) is 50.1 Å². The predicted molar refractivity (Wildman–Crippen MR) is 99.0 cm³/mol. The number of hydrogen-bond donors (Lipinski definition) is 2. The Balaban J connectivity index is 1.47. The normalized spacial score (nSPS) is 20.9. The Morgan fingerprint density at radius 1 is 1.33 bits per heavy atom. The van der Waals surface area contributed by atoms with Gasteiger partial charge in [-0.2, -0.15) is 5.10 Å². The lowest BCUT2D eigenvalue weighted by Gasteiger charge is -2.27. The van der Waals surface area contributed by atoms with Gasteiger partial charge < -0.3 is 15.2 Å². The molecule has 2 aromatic rings. The number of aliphatic hydroxyl groups is 1. The van der Waals surface area contributed by atoms with Gasteiger partial charge in [-0.25, -0.2) is 4.39 Å². The summed E-state index contributed by atoms with van der Waals surface area (Å²) in [5, 5.41) is 17.7. The zero-order valence-corrected chi connectivity index (χ0v) is 15.4. The quantitative estimate of drug-likeness (QED) is 0.804. The van der Waals surface area contributed by atoms with Crippen LogP contribution in [0, 0.1) is 5.82 Å². The number of halogens is 1. The van der Waals surface area contributed by atoms with Crippen LogP contribution in [0.15, 0.2) is 36.7 Å². The van der Waals surface area contributed by atoms with Crippen molar-refractivity contribution < 1.29 is 19.0 Å². The van der Waals surface area contributed by atoms with Crippen molar-refractivity contribution in [2.45, 2.75) is 24.9 Å². The molecule has 2 heterocycles. The molecule has 1 saturated heterocycles. The number of carbonyl (C=O) groups is 1. The molecule has 0 spiro atoms. The minimum absolute atomic E-state index is 0.101. The van der Waals surface area contributed by atoms with Gasteiger partial charge >= 0.3 is 0 Å². The van der Waals surface area contributed by atoms with Crippen LogP contribution >= 0.6 is 0 Å². The van der Waals surface area contributed by atoms with Crippen molar-refractivity contribution in [3.8, 4) is 5.75 Å². The fraction of sp³-hybridized carbons (Fsp3) is 0.474. The van der Waals surface area contributed by atoms with E-state index < -0.39 is 5.60 Å². The SMILES string of the molecule is Cn1cc(NC(=O)CN2CCCC(O)(COc3ccc(F)cc3)CC2)cn1. The number of carbonyl (C=O) groups excluding carboxylic acids is 1. The number of aryl methyl sites for hydroxylation is 1. The van der Waals surface area contributed by atoms with Crippen molar-refractivity contribution in [3.05, 3.63) is 42.5 Å². The summed E-state index contributed by atoms with van der Waals surface area (Å²) in [6.45, 7) is 1.75. The zero-order valence-electron chi connectivity index (χ0n) is 15.4. The highest BCUT2D eigenvalue weighted by Gasteiger charge is 2.31. The summed E-state index contributed by atoms with van der Waals surface area (Å²) in [5.41, 5.74) is -0.287. The lowest BCUT2D eigenvalue weighted by atomic mass is 9.96. The zero-order chi connectivity index (χ0) is 19.3. The highest BCUT2D eigenvalue weighted by Crippen LogP contribution is 2.24. The van der Waals surface area contributed by atoms with E-state index in [9.17, 15) is 14.3 Å². The van der Waals surface area contributed by atoms with E-state index in [1.54, 1.807) is 36.3 Å². The molecule has 7 nitrogen and oxygen atoms in total. The molecule has 8 heteroatoms. The molecule has 1 aliphatic rings. The van der Waals surface area contributed by atoms with E-state index in [0.29, 0.717) is 30.8 Å². The number of amides is 1. The number of likely N-dealkylation sites (tertiary alicyclic amines) is 1. The standard InChI is InChI=1S/C19H25FN4O3/c1-23-12-16(11-21-23)22-18(25)13-24-9-2-7-19(26,8-10-24)14-27-17-5-3-15(20)4-6-17/h3-6,11-12,26H,2,7-10,13-14H2,1H3,(H,22,25). The van der Waals surface area contributed by atoms with Gasteiger partial charge in [-0.15, -0.1) is 0 Å². The van der Waals surface area contributed by atoms with Gasteiger partial charge in [0.15, 0.2) is 0 Å². The van der Waals surface area contributed by atoms with E-state index in [-0.39, 0.29) is 24.9 Å². The predicted octanol–water partition coefficient (Wildman–Crippen LogP) is 1.79. The van der Waals surface area contributed by atoms with Gasteiger partial charge in [0.05, 0.1) is 24.0 Å². The molecule has 1 aromatic carbocycles. The molecule has 0 bridgehead atoms. The molecular formula is C19H25FN4O3. The molecule has 0 saturated carbocycles. The molecule has 146 valence electrons. The summed E-state index contributed by atoms with van der Waals surface area (Å²) in [6.07, 6.45) is 5.21. The van der Waals surface area contributed by atoms with Crippen molar-refractivity contribution in [2.24, 2.45) is 7.05 Å². The number of benzene rings is 1. The van der Waals surface area contributed by atoms with Crippen LogP contribution in [0.25, 0.3) is 0 Å². The number of nitrogens with zero attached hydrogens (tertiary/aromatic N) is 3. The third kappa shape index (κ3) is 5.77. The van der Waals surface area contributed by atoms with Crippen LogP contribution < -0.4 is 10.1 Å². The summed E-state index contributed by atoms with van der Waals surface area (Å²) in [5.74, 6) is 0.105. The summed E-state index contributed by atoms with van der Waals surface area (Å²) < 4.78 is 20.2. The van der Waals surface area contributed by atoms with Crippen LogP contribution in [-0.4, -0.2) is 57.5 Å². The minimum atomic E-state index is -0.955. The molecule has 2 N–H and O–H groups in total. The van der Waals surface area contributed by atoms with Crippen LogP contribution in [-0.2, 0) is 11.8 Å². The van der Waals surface area contributed by atoms with E-state index >= 15 is 0 Å². The average Bonchev–Trinajstić information content (AvgIpc) is 2.94. The van der Waals surface area contributed by atoms with Gasteiger partial charge in [0.2, 0.25) is 5.91 Å². The molecular weight excluding hydrogens is 351 g/mol. The fourth-order valence-corrected chi connectivity index (χ4v) is 3.18. The highest BCUT2D eigenvalue weighted by atomic mass is 19.1. The van der Waals surface area contributed by atoms with Gasteiger partial charge in [0.1, 0.15) is 18.2 Å². The second-order valence-corrected chi connectivity index (χ2v) is 7.05. The Bertz CT molecular complexity index is 765. The molecule has 1 fully saturated rings. The van der Waals surface area contributed by atoms with Crippen molar-refractivity contribution >= 4 is 11.6 Å². The van der Waals surface area contributed by atoms with Gasteiger partial charge in [0, 0.05) is 19.8 Å². The lowest BCUT2D eigenvalue weighted by molar-refractivity contribution is -0.117. The first kappa shape index (κ1) is 19.3.